The van der Waals surface area contributed by atoms with E-state index in [4.69, 9.17) is 4.74 Å². The Hall–Kier alpha value is -2.68. The van der Waals surface area contributed by atoms with Crippen molar-refractivity contribution in [2.75, 3.05) is 11.9 Å². The van der Waals surface area contributed by atoms with E-state index in [1.54, 1.807) is 0 Å². The van der Waals surface area contributed by atoms with Gasteiger partial charge >= 0.3 is 0 Å². The maximum atomic E-state index is 5.96. The molecule has 27 heavy (non-hydrogen) atoms. The summed E-state index contributed by atoms with van der Waals surface area (Å²) < 4.78 is 5.96. The van der Waals surface area contributed by atoms with Crippen LogP contribution in [0.3, 0.4) is 0 Å². The standard InChI is InChI=1S/C24H26N2O/c1-2-3-13-27-16-11-12-23-20(14-16)17-8-6-9-19(17)24(26-23)21-15-25-22-10-5-4-7-18(21)22/h4-8,10-12,14-15,17,19,24-26H,2-3,9,13H2,1H3. The largest absolute Gasteiger partial charge is 0.494 e. The van der Waals surface area contributed by atoms with Crippen LogP contribution in [0.2, 0.25) is 0 Å². The summed E-state index contributed by atoms with van der Waals surface area (Å²) in [5, 5.41) is 5.16. The maximum absolute atomic E-state index is 5.96. The van der Waals surface area contributed by atoms with Crippen LogP contribution in [0, 0.1) is 5.92 Å². The van der Waals surface area contributed by atoms with Crippen LogP contribution in [0.4, 0.5) is 5.69 Å². The van der Waals surface area contributed by atoms with Gasteiger partial charge in [0.2, 0.25) is 0 Å². The first-order valence-corrected chi connectivity index (χ1v) is 10.1. The number of aromatic nitrogens is 1. The molecule has 1 aliphatic heterocycles. The molecular weight excluding hydrogens is 332 g/mol. The SMILES string of the molecule is CCCCOc1ccc2c(c1)C1C=CCC1C(c1c[nH]c3ccccc13)N2. The van der Waals surface area contributed by atoms with Crippen LogP contribution < -0.4 is 10.1 Å². The summed E-state index contributed by atoms with van der Waals surface area (Å²) in [6.07, 6.45) is 10.3. The van der Waals surface area contributed by atoms with E-state index in [9.17, 15) is 0 Å². The number of hydrogen-bond donors (Lipinski definition) is 2. The van der Waals surface area contributed by atoms with Gasteiger partial charge in [0.1, 0.15) is 5.75 Å². The van der Waals surface area contributed by atoms with Crippen molar-refractivity contribution >= 4 is 16.6 Å². The molecule has 2 aromatic carbocycles. The van der Waals surface area contributed by atoms with Gasteiger partial charge in [0.05, 0.1) is 12.6 Å². The van der Waals surface area contributed by atoms with Crippen molar-refractivity contribution < 1.29 is 4.74 Å². The van der Waals surface area contributed by atoms with Crippen LogP contribution >= 0.6 is 0 Å². The van der Waals surface area contributed by atoms with Gasteiger partial charge in [-0.15, -0.1) is 0 Å². The number of nitrogens with one attached hydrogen (secondary N) is 2. The number of ether oxygens (including phenoxy) is 1. The summed E-state index contributed by atoms with van der Waals surface area (Å²) in [5.41, 5.74) is 5.19. The summed E-state index contributed by atoms with van der Waals surface area (Å²) in [5.74, 6) is 1.99. The van der Waals surface area contributed by atoms with Crippen LogP contribution in [-0.2, 0) is 0 Å². The van der Waals surface area contributed by atoms with Crippen LogP contribution in [0.1, 0.15) is 49.3 Å². The van der Waals surface area contributed by atoms with Gasteiger partial charge in [-0.1, -0.05) is 43.7 Å². The van der Waals surface area contributed by atoms with Crippen molar-refractivity contribution in [1.82, 2.24) is 4.98 Å². The lowest BCUT2D eigenvalue weighted by molar-refractivity contribution is 0.308. The number of allylic oxidation sites excluding steroid dienone is 2. The predicted octanol–water partition coefficient (Wildman–Crippen LogP) is 6.17. The first kappa shape index (κ1) is 16.5. The Morgan fingerprint density at radius 1 is 1.11 bits per heavy atom. The molecule has 3 nitrogen and oxygen atoms in total. The number of unbranched alkanes of at least 4 members (excludes halogenated alkanes) is 1. The fourth-order valence-corrected chi connectivity index (χ4v) is 4.66. The molecule has 3 heteroatoms. The topological polar surface area (TPSA) is 37.0 Å². The summed E-state index contributed by atoms with van der Waals surface area (Å²) in [6.45, 7) is 2.99. The van der Waals surface area contributed by atoms with E-state index in [0.29, 0.717) is 17.9 Å². The van der Waals surface area contributed by atoms with Gasteiger partial charge in [-0.3, -0.25) is 0 Å². The Kier molecular flexibility index (Phi) is 4.16. The number of hydrogen-bond acceptors (Lipinski definition) is 2. The molecule has 5 rings (SSSR count). The van der Waals surface area contributed by atoms with E-state index in [-0.39, 0.29) is 0 Å². The molecule has 3 aromatic rings. The normalized spacial score (nSPS) is 23.1. The molecule has 0 saturated heterocycles. The minimum atomic E-state index is 0.320. The average Bonchev–Trinajstić information content (AvgIpc) is 3.35. The first-order valence-electron chi connectivity index (χ1n) is 10.1. The number of para-hydroxylation sites is 1. The lowest BCUT2D eigenvalue weighted by Crippen LogP contribution is -2.28. The molecule has 0 saturated carbocycles. The van der Waals surface area contributed by atoms with Crippen molar-refractivity contribution in [3.05, 3.63) is 71.9 Å². The third kappa shape index (κ3) is 2.82. The fraction of sp³-hybridized carbons (Fsp3) is 0.333. The molecule has 3 atom stereocenters. The molecule has 2 heterocycles. The zero-order valence-corrected chi connectivity index (χ0v) is 15.7. The van der Waals surface area contributed by atoms with Gasteiger partial charge < -0.3 is 15.0 Å². The van der Waals surface area contributed by atoms with Crippen LogP contribution in [-0.4, -0.2) is 11.6 Å². The van der Waals surface area contributed by atoms with E-state index in [0.717, 1.165) is 31.6 Å². The van der Waals surface area contributed by atoms with E-state index >= 15 is 0 Å². The van der Waals surface area contributed by atoms with Gasteiger partial charge in [-0.2, -0.15) is 0 Å². The van der Waals surface area contributed by atoms with Crippen LogP contribution in [0.25, 0.3) is 10.9 Å². The molecule has 1 aromatic heterocycles. The lowest BCUT2D eigenvalue weighted by atomic mass is 9.77. The quantitative estimate of drug-likeness (QED) is 0.422. The third-order valence-corrected chi connectivity index (χ3v) is 6.06. The van der Waals surface area contributed by atoms with Gasteiger partial charge in [-0.25, -0.2) is 0 Å². The van der Waals surface area contributed by atoms with E-state index in [2.05, 4.69) is 78.0 Å². The number of fused-ring (bicyclic) bond motifs is 4. The van der Waals surface area contributed by atoms with Gasteiger partial charge in [-0.05, 0) is 54.2 Å². The minimum Gasteiger partial charge on any atom is -0.494 e. The Morgan fingerprint density at radius 2 is 2.04 bits per heavy atom. The number of aromatic amines is 1. The zero-order valence-electron chi connectivity index (χ0n) is 15.7. The summed E-state index contributed by atoms with van der Waals surface area (Å²) >= 11 is 0. The van der Waals surface area contributed by atoms with E-state index in [1.807, 2.05) is 0 Å². The molecule has 1 aliphatic carbocycles. The second kappa shape index (κ2) is 6.80. The van der Waals surface area contributed by atoms with Crippen molar-refractivity contribution in [3.63, 3.8) is 0 Å². The highest BCUT2D eigenvalue weighted by Crippen LogP contribution is 2.51. The first-order chi connectivity index (χ1) is 13.3. The highest BCUT2D eigenvalue weighted by Gasteiger charge is 2.38. The Labute approximate surface area is 160 Å². The lowest BCUT2D eigenvalue weighted by Gasteiger charge is -2.37. The Bertz CT molecular complexity index is 987. The van der Waals surface area contributed by atoms with E-state index in [1.165, 1.54) is 27.7 Å². The highest BCUT2D eigenvalue weighted by atomic mass is 16.5. The Morgan fingerprint density at radius 3 is 2.96 bits per heavy atom. The number of benzene rings is 2. The van der Waals surface area contributed by atoms with Crippen molar-refractivity contribution in [2.45, 2.75) is 38.1 Å². The maximum Gasteiger partial charge on any atom is 0.119 e. The third-order valence-electron chi connectivity index (χ3n) is 6.06. The summed E-state index contributed by atoms with van der Waals surface area (Å²) in [7, 11) is 0. The molecule has 0 fully saturated rings. The number of anilines is 1. The Balaban J connectivity index is 1.50. The van der Waals surface area contributed by atoms with Crippen molar-refractivity contribution in [1.29, 1.82) is 0 Å². The molecule has 0 amide bonds. The monoisotopic (exact) mass is 358 g/mol. The molecular formula is C24H26N2O. The molecule has 138 valence electrons. The van der Waals surface area contributed by atoms with Gasteiger partial charge in [0.25, 0.3) is 0 Å². The highest BCUT2D eigenvalue weighted by molar-refractivity contribution is 5.84. The van der Waals surface area contributed by atoms with Gasteiger partial charge in [0, 0.05) is 28.7 Å². The zero-order chi connectivity index (χ0) is 18.2. The smallest absolute Gasteiger partial charge is 0.119 e. The molecule has 3 unspecified atom stereocenters. The molecule has 2 aliphatic rings. The van der Waals surface area contributed by atoms with Crippen LogP contribution in [0.15, 0.2) is 60.8 Å². The van der Waals surface area contributed by atoms with Crippen LogP contribution in [0.5, 0.6) is 5.75 Å². The summed E-state index contributed by atoms with van der Waals surface area (Å²) in [6, 6.07) is 15.5. The second-order valence-electron chi connectivity index (χ2n) is 7.72. The molecule has 0 bridgehead atoms. The van der Waals surface area contributed by atoms with Crippen molar-refractivity contribution in [3.8, 4) is 5.75 Å². The minimum absolute atomic E-state index is 0.320. The summed E-state index contributed by atoms with van der Waals surface area (Å²) in [4.78, 5) is 3.45. The fourth-order valence-electron chi connectivity index (χ4n) is 4.66. The molecule has 2 N–H and O–H groups in total. The molecule has 0 spiro atoms. The second-order valence-corrected chi connectivity index (χ2v) is 7.72. The number of H-pyrrole nitrogens is 1. The van der Waals surface area contributed by atoms with E-state index < -0.39 is 0 Å². The average molecular weight is 358 g/mol. The van der Waals surface area contributed by atoms with Crippen molar-refractivity contribution in [2.24, 2.45) is 5.92 Å². The molecule has 0 radical (unpaired) electrons. The van der Waals surface area contributed by atoms with Gasteiger partial charge in [0.15, 0.2) is 0 Å². The number of rotatable bonds is 5. The predicted molar refractivity (Wildman–Crippen MR) is 111 cm³/mol.